The molecule has 1 aliphatic rings. The molecule has 0 radical (unpaired) electrons. The Morgan fingerprint density at radius 3 is 2.62 bits per heavy atom. The molecule has 16 heavy (non-hydrogen) atoms. The van der Waals surface area contributed by atoms with Gasteiger partial charge in [0.15, 0.2) is 0 Å². The molecule has 0 bridgehead atoms. The number of nitriles is 1. The lowest BCUT2D eigenvalue weighted by Gasteiger charge is -2.26. The van der Waals surface area contributed by atoms with Gasteiger partial charge in [0, 0.05) is 6.20 Å². The third-order valence-corrected chi connectivity index (χ3v) is 3.46. The van der Waals surface area contributed by atoms with Crippen molar-refractivity contribution in [3.8, 4) is 6.07 Å². The van der Waals surface area contributed by atoms with E-state index in [1.807, 2.05) is 19.1 Å². The average Bonchev–Trinajstić information content (AvgIpc) is 2.79. The van der Waals surface area contributed by atoms with Gasteiger partial charge in [-0.15, -0.1) is 0 Å². The first-order valence-corrected chi connectivity index (χ1v) is 5.70. The summed E-state index contributed by atoms with van der Waals surface area (Å²) in [7, 11) is 0. The molecule has 1 aromatic heterocycles. The van der Waals surface area contributed by atoms with E-state index in [2.05, 4.69) is 11.1 Å². The highest BCUT2D eigenvalue weighted by Crippen LogP contribution is 2.46. The largest absolute Gasteiger partial charge is 0.385 e. The van der Waals surface area contributed by atoms with Crippen LogP contribution in [0.3, 0.4) is 0 Å². The lowest BCUT2D eigenvalue weighted by Crippen LogP contribution is -2.24. The van der Waals surface area contributed by atoms with Crippen molar-refractivity contribution in [1.29, 1.82) is 5.26 Å². The predicted molar refractivity (Wildman–Crippen MR) is 60.4 cm³/mol. The molecule has 1 unspecified atom stereocenters. The summed E-state index contributed by atoms with van der Waals surface area (Å²) in [6, 6.07) is 6.04. The Hall–Kier alpha value is -1.40. The average molecular weight is 216 g/mol. The van der Waals surface area contributed by atoms with Crippen LogP contribution in [-0.2, 0) is 0 Å². The predicted octanol–water partition coefficient (Wildman–Crippen LogP) is 2.51. The molecule has 1 N–H and O–H groups in total. The van der Waals surface area contributed by atoms with E-state index in [-0.39, 0.29) is 0 Å². The van der Waals surface area contributed by atoms with Crippen LogP contribution in [0.1, 0.15) is 43.0 Å². The van der Waals surface area contributed by atoms with Gasteiger partial charge < -0.3 is 5.11 Å². The lowest BCUT2D eigenvalue weighted by molar-refractivity contribution is 0.0633. The van der Waals surface area contributed by atoms with Crippen molar-refractivity contribution in [2.75, 3.05) is 0 Å². The quantitative estimate of drug-likeness (QED) is 0.826. The van der Waals surface area contributed by atoms with Gasteiger partial charge in [0.1, 0.15) is 6.10 Å². The number of pyridine rings is 1. The molecule has 1 aliphatic carbocycles. The number of hydrogen-bond acceptors (Lipinski definition) is 3. The minimum absolute atomic E-state index is 0.609. The van der Waals surface area contributed by atoms with Crippen LogP contribution in [0.15, 0.2) is 18.3 Å². The topological polar surface area (TPSA) is 56.9 Å². The fourth-order valence-corrected chi connectivity index (χ4v) is 2.38. The first-order chi connectivity index (χ1) is 7.68. The fraction of sp³-hybridized carbons (Fsp3) is 0.538. The summed E-state index contributed by atoms with van der Waals surface area (Å²) < 4.78 is 0. The van der Waals surface area contributed by atoms with Gasteiger partial charge in [-0.25, -0.2) is 0 Å². The Kier molecular flexibility index (Phi) is 2.93. The monoisotopic (exact) mass is 216 g/mol. The molecule has 84 valence electrons. The molecule has 1 fully saturated rings. The molecule has 3 heteroatoms. The van der Waals surface area contributed by atoms with Gasteiger partial charge in [0.05, 0.1) is 17.2 Å². The van der Waals surface area contributed by atoms with E-state index in [1.165, 1.54) is 0 Å². The van der Waals surface area contributed by atoms with Gasteiger partial charge in [-0.3, -0.25) is 4.98 Å². The molecular weight excluding hydrogens is 200 g/mol. The molecular formula is C13H16N2O. The van der Waals surface area contributed by atoms with E-state index >= 15 is 0 Å². The Bertz CT molecular complexity index is 399. The summed E-state index contributed by atoms with van der Waals surface area (Å²) in [6.45, 7) is 1.96. The summed E-state index contributed by atoms with van der Waals surface area (Å²) >= 11 is 0. The highest BCUT2D eigenvalue weighted by atomic mass is 16.3. The second-order valence-electron chi connectivity index (χ2n) is 4.64. The smallest absolute Gasteiger partial charge is 0.114 e. The van der Waals surface area contributed by atoms with Crippen LogP contribution in [0.5, 0.6) is 0 Å². The number of aliphatic hydroxyl groups is 1. The molecule has 1 aromatic rings. The van der Waals surface area contributed by atoms with Crippen LogP contribution in [0.4, 0.5) is 0 Å². The summed E-state index contributed by atoms with van der Waals surface area (Å²) in [4.78, 5) is 4.21. The van der Waals surface area contributed by atoms with E-state index in [9.17, 15) is 10.4 Å². The normalized spacial score (nSPS) is 20.3. The van der Waals surface area contributed by atoms with Gasteiger partial charge >= 0.3 is 0 Å². The molecule has 1 atom stereocenters. The maximum absolute atomic E-state index is 10.3. The fourth-order valence-electron chi connectivity index (χ4n) is 2.38. The highest BCUT2D eigenvalue weighted by molar-refractivity contribution is 5.20. The molecule has 0 aromatic carbocycles. The molecule has 0 spiro atoms. The van der Waals surface area contributed by atoms with Crippen LogP contribution in [-0.4, -0.2) is 10.1 Å². The zero-order chi connectivity index (χ0) is 11.6. The Morgan fingerprint density at radius 2 is 2.12 bits per heavy atom. The van der Waals surface area contributed by atoms with Crippen molar-refractivity contribution in [2.45, 2.75) is 38.7 Å². The van der Waals surface area contributed by atoms with Crippen LogP contribution >= 0.6 is 0 Å². The third kappa shape index (κ3) is 1.81. The first kappa shape index (κ1) is 11.1. The summed E-state index contributed by atoms with van der Waals surface area (Å²) in [6.07, 6.45) is 4.59. The standard InChI is InChI=1S/C13H16N2O/c1-10-4-5-11(15-8-10)12(16)13(9-14)6-2-3-7-13/h4-5,8,12,16H,2-3,6-7H2,1H3. The maximum Gasteiger partial charge on any atom is 0.114 e. The number of aryl methyl sites for hydroxylation is 1. The zero-order valence-corrected chi connectivity index (χ0v) is 9.48. The Morgan fingerprint density at radius 1 is 1.44 bits per heavy atom. The van der Waals surface area contributed by atoms with E-state index in [0.29, 0.717) is 5.69 Å². The second kappa shape index (κ2) is 4.23. The SMILES string of the molecule is Cc1ccc(C(O)C2(C#N)CCCC2)nc1. The number of aromatic nitrogens is 1. The molecule has 1 heterocycles. The number of hydrogen-bond donors (Lipinski definition) is 1. The van der Waals surface area contributed by atoms with E-state index < -0.39 is 11.5 Å². The van der Waals surface area contributed by atoms with Crippen LogP contribution < -0.4 is 0 Å². The highest BCUT2D eigenvalue weighted by Gasteiger charge is 2.42. The van der Waals surface area contributed by atoms with Crippen molar-refractivity contribution in [1.82, 2.24) is 4.98 Å². The van der Waals surface area contributed by atoms with Gasteiger partial charge in [-0.05, 0) is 31.4 Å². The molecule has 0 amide bonds. The summed E-state index contributed by atoms with van der Waals surface area (Å²) in [5.41, 5.74) is 1.07. The molecule has 2 rings (SSSR count). The zero-order valence-electron chi connectivity index (χ0n) is 9.48. The van der Waals surface area contributed by atoms with Crippen molar-refractivity contribution in [2.24, 2.45) is 5.41 Å². The summed E-state index contributed by atoms with van der Waals surface area (Å²) in [5.74, 6) is 0. The minimum Gasteiger partial charge on any atom is -0.385 e. The second-order valence-corrected chi connectivity index (χ2v) is 4.64. The first-order valence-electron chi connectivity index (χ1n) is 5.70. The van der Waals surface area contributed by atoms with Crippen molar-refractivity contribution >= 4 is 0 Å². The van der Waals surface area contributed by atoms with Crippen molar-refractivity contribution in [3.05, 3.63) is 29.6 Å². The van der Waals surface area contributed by atoms with Gasteiger partial charge in [0.25, 0.3) is 0 Å². The van der Waals surface area contributed by atoms with E-state index in [1.54, 1.807) is 6.20 Å². The number of aliphatic hydroxyl groups excluding tert-OH is 1. The third-order valence-electron chi connectivity index (χ3n) is 3.46. The van der Waals surface area contributed by atoms with E-state index in [0.717, 1.165) is 31.2 Å². The number of nitrogens with zero attached hydrogens (tertiary/aromatic N) is 2. The van der Waals surface area contributed by atoms with E-state index in [4.69, 9.17) is 0 Å². The Labute approximate surface area is 95.8 Å². The van der Waals surface area contributed by atoms with Gasteiger partial charge in [-0.2, -0.15) is 5.26 Å². The maximum atomic E-state index is 10.3. The number of rotatable bonds is 2. The minimum atomic E-state index is -0.749. The van der Waals surface area contributed by atoms with Crippen molar-refractivity contribution in [3.63, 3.8) is 0 Å². The van der Waals surface area contributed by atoms with Gasteiger partial charge in [0.2, 0.25) is 0 Å². The molecule has 0 saturated heterocycles. The van der Waals surface area contributed by atoms with Crippen LogP contribution in [0, 0.1) is 23.7 Å². The Balaban J connectivity index is 2.27. The molecule has 0 aliphatic heterocycles. The summed E-state index contributed by atoms with van der Waals surface area (Å²) in [5, 5.41) is 19.5. The lowest BCUT2D eigenvalue weighted by atomic mass is 9.80. The van der Waals surface area contributed by atoms with Crippen LogP contribution in [0.2, 0.25) is 0 Å². The van der Waals surface area contributed by atoms with Gasteiger partial charge in [-0.1, -0.05) is 18.9 Å². The van der Waals surface area contributed by atoms with Crippen molar-refractivity contribution < 1.29 is 5.11 Å². The van der Waals surface area contributed by atoms with Crippen LogP contribution in [0.25, 0.3) is 0 Å². The molecule has 3 nitrogen and oxygen atoms in total. The molecule has 1 saturated carbocycles.